The van der Waals surface area contributed by atoms with E-state index in [1.54, 1.807) is 0 Å². The molecule has 0 aliphatic heterocycles. The molecule has 2 nitrogen and oxygen atoms in total. The molecule has 0 amide bonds. The molecule has 0 aliphatic rings. The zero-order valence-corrected chi connectivity index (χ0v) is 18.1. The van der Waals surface area contributed by atoms with E-state index in [1.807, 2.05) is 12.4 Å². The Bertz CT molecular complexity index is 779. The van der Waals surface area contributed by atoms with E-state index < -0.39 is 0 Å². The van der Waals surface area contributed by atoms with Gasteiger partial charge in [0.25, 0.3) is 0 Å². The van der Waals surface area contributed by atoms with Crippen LogP contribution in [-0.4, -0.2) is 15.3 Å². The normalized spacial score (nSPS) is 12.2. The number of unbranched alkanes of at least 4 members (excludes halogenated alkanes) is 2. The monoisotopic (exact) mass is 406 g/mol. The number of rotatable bonds is 11. The molecule has 1 aromatic heterocycles. The fourth-order valence-electron chi connectivity index (χ4n) is 3.71. The largest absolute Gasteiger partial charge is 0.241 e. The summed E-state index contributed by atoms with van der Waals surface area (Å²) in [5.74, 6) is 1.20. The van der Waals surface area contributed by atoms with Gasteiger partial charge in [-0.2, -0.15) is 0 Å². The highest BCUT2D eigenvalue weighted by molar-refractivity contribution is 6.20. The standard InChI is InChI=1S/C26H31ClN2/c1-2-3-6-11-21-19-28-26(29-20-21)17-16-24(27)18-25(22-12-7-4-8-13-22)23-14-9-5-10-15-23/h4-5,7-10,12-15,19-20,24-25H,2-3,6,11,16-18H2,1H3. The number of aryl methyl sites for hydroxylation is 2. The number of halogens is 1. The lowest BCUT2D eigenvalue weighted by Gasteiger charge is -2.21. The summed E-state index contributed by atoms with van der Waals surface area (Å²) >= 11 is 6.79. The predicted octanol–water partition coefficient (Wildman–Crippen LogP) is 6.97. The van der Waals surface area contributed by atoms with Gasteiger partial charge in [-0.25, -0.2) is 9.97 Å². The quantitative estimate of drug-likeness (QED) is 0.254. The van der Waals surface area contributed by atoms with Crippen LogP contribution in [0.15, 0.2) is 73.1 Å². The van der Waals surface area contributed by atoms with Gasteiger partial charge in [-0.3, -0.25) is 0 Å². The van der Waals surface area contributed by atoms with E-state index in [9.17, 15) is 0 Å². The van der Waals surface area contributed by atoms with Crippen molar-refractivity contribution in [1.82, 2.24) is 9.97 Å². The van der Waals surface area contributed by atoms with Crippen LogP contribution in [0.5, 0.6) is 0 Å². The minimum Gasteiger partial charge on any atom is -0.241 e. The van der Waals surface area contributed by atoms with Crippen molar-refractivity contribution >= 4 is 11.6 Å². The van der Waals surface area contributed by atoms with Gasteiger partial charge in [-0.05, 0) is 42.4 Å². The van der Waals surface area contributed by atoms with E-state index in [0.29, 0.717) is 5.92 Å². The van der Waals surface area contributed by atoms with Crippen LogP contribution in [0.4, 0.5) is 0 Å². The number of hydrogen-bond donors (Lipinski definition) is 0. The van der Waals surface area contributed by atoms with E-state index in [-0.39, 0.29) is 5.38 Å². The Kier molecular flexibility index (Phi) is 8.70. The van der Waals surface area contributed by atoms with Crippen LogP contribution in [0, 0.1) is 0 Å². The van der Waals surface area contributed by atoms with Crippen molar-refractivity contribution in [3.05, 3.63) is 95.6 Å². The highest BCUT2D eigenvalue weighted by Gasteiger charge is 2.18. The molecule has 0 aliphatic carbocycles. The fourth-order valence-corrected chi connectivity index (χ4v) is 4.00. The maximum absolute atomic E-state index is 6.79. The molecular formula is C26H31ClN2. The second-order valence-electron chi connectivity index (χ2n) is 7.71. The number of nitrogens with zero attached hydrogens (tertiary/aromatic N) is 2. The summed E-state index contributed by atoms with van der Waals surface area (Å²) in [5, 5.41) is 0.0771. The Morgan fingerprint density at radius 2 is 1.38 bits per heavy atom. The molecule has 0 radical (unpaired) electrons. The third kappa shape index (κ3) is 6.97. The Hall–Kier alpha value is -2.19. The number of aromatic nitrogens is 2. The third-order valence-electron chi connectivity index (χ3n) is 5.40. The Labute approximate surface area is 180 Å². The molecule has 3 heteroatoms. The average Bonchev–Trinajstić information content (AvgIpc) is 2.78. The maximum Gasteiger partial charge on any atom is 0.128 e. The minimum absolute atomic E-state index is 0.0771. The predicted molar refractivity (Wildman–Crippen MR) is 123 cm³/mol. The molecule has 0 saturated heterocycles. The summed E-state index contributed by atoms with van der Waals surface area (Å²) < 4.78 is 0. The second kappa shape index (κ2) is 11.7. The molecule has 3 aromatic rings. The molecule has 0 spiro atoms. The number of alkyl halides is 1. The Balaban J connectivity index is 1.57. The van der Waals surface area contributed by atoms with E-state index >= 15 is 0 Å². The smallest absolute Gasteiger partial charge is 0.128 e. The first kappa shape index (κ1) is 21.5. The van der Waals surface area contributed by atoms with Gasteiger partial charge in [0.15, 0.2) is 0 Å². The summed E-state index contributed by atoms with van der Waals surface area (Å²) in [7, 11) is 0. The van der Waals surface area contributed by atoms with Crippen LogP contribution < -0.4 is 0 Å². The maximum atomic E-state index is 6.79. The molecule has 0 bridgehead atoms. The molecule has 1 unspecified atom stereocenters. The molecule has 29 heavy (non-hydrogen) atoms. The Morgan fingerprint density at radius 1 is 0.793 bits per heavy atom. The number of hydrogen-bond acceptors (Lipinski definition) is 2. The lowest BCUT2D eigenvalue weighted by atomic mass is 9.86. The zero-order valence-electron chi connectivity index (χ0n) is 17.3. The van der Waals surface area contributed by atoms with Crippen LogP contribution in [0.25, 0.3) is 0 Å². The lowest BCUT2D eigenvalue weighted by molar-refractivity contribution is 0.623. The van der Waals surface area contributed by atoms with Gasteiger partial charge in [0.2, 0.25) is 0 Å². The molecule has 3 rings (SSSR count). The first-order chi connectivity index (χ1) is 14.3. The summed E-state index contributed by atoms with van der Waals surface area (Å²) in [6.45, 7) is 2.22. The van der Waals surface area contributed by atoms with Gasteiger partial charge in [0, 0.05) is 30.1 Å². The van der Waals surface area contributed by atoms with Crippen molar-refractivity contribution in [2.24, 2.45) is 0 Å². The van der Waals surface area contributed by atoms with Gasteiger partial charge < -0.3 is 0 Å². The van der Waals surface area contributed by atoms with Crippen LogP contribution in [0.2, 0.25) is 0 Å². The Morgan fingerprint density at radius 3 is 1.93 bits per heavy atom. The second-order valence-corrected chi connectivity index (χ2v) is 8.33. The average molecular weight is 407 g/mol. The molecule has 0 fully saturated rings. The molecule has 0 saturated carbocycles. The van der Waals surface area contributed by atoms with Crippen molar-refractivity contribution in [2.45, 2.75) is 63.2 Å². The van der Waals surface area contributed by atoms with Gasteiger partial charge in [0.1, 0.15) is 5.82 Å². The van der Waals surface area contributed by atoms with E-state index in [1.165, 1.54) is 36.0 Å². The highest BCUT2D eigenvalue weighted by Crippen LogP contribution is 2.31. The van der Waals surface area contributed by atoms with Gasteiger partial charge >= 0.3 is 0 Å². The summed E-state index contributed by atoms with van der Waals surface area (Å²) in [5.41, 5.74) is 3.87. The first-order valence-electron chi connectivity index (χ1n) is 10.8. The van der Waals surface area contributed by atoms with Gasteiger partial charge in [-0.1, -0.05) is 80.4 Å². The highest BCUT2D eigenvalue weighted by atomic mass is 35.5. The van der Waals surface area contributed by atoms with E-state index in [2.05, 4.69) is 77.6 Å². The molecule has 152 valence electrons. The van der Waals surface area contributed by atoms with Crippen molar-refractivity contribution in [3.63, 3.8) is 0 Å². The number of benzene rings is 2. The van der Waals surface area contributed by atoms with E-state index in [4.69, 9.17) is 11.6 Å². The van der Waals surface area contributed by atoms with Crippen molar-refractivity contribution in [3.8, 4) is 0 Å². The fraction of sp³-hybridized carbons (Fsp3) is 0.385. The molecule has 2 aromatic carbocycles. The van der Waals surface area contributed by atoms with Crippen molar-refractivity contribution in [1.29, 1.82) is 0 Å². The SMILES string of the molecule is CCCCCc1cnc(CCC(Cl)CC(c2ccccc2)c2ccccc2)nc1. The first-order valence-corrected chi connectivity index (χ1v) is 11.2. The molecule has 0 N–H and O–H groups in total. The summed E-state index contributed by atoms with van der Waals surface area (Å²) in [6, 6.07) is 21.3. The minimum atomic E-state index is 0.0771. The van der Waals surface area contributed by atoms with Crippen molar-refractivity contribution < 1.29 is 0 Å². The summed E-state index contributed by atoms with van der Waals surface area (Å²) in [4.78, 5) is 9.11. The molecular weight excluding hydrogens is 376 g/mol. The van der Waals surface area contributed by atoms with Crippen LogP contribution in [-0.2, 0) is 12.8 Å². The van der Waals surface area contributed by atoms with Crippen LogP contribution in [0.1, 0.15) is 67.5 Å². The molecule has 1 heterocycles. The zero-order chi connectivity index (χ0) is 20.3. The van der Waals surface area contributed by atoms with Gasteiger partial charge in [-0.15, -0.1) is 11.6 Å². The van der Waals surface area contributed by atoms with Crippen LogP contribution in [0.3, 0.4) is 0 Å². The van der Waals surface area contributed by atoms with Gasteiger partial charge in [0.05, 0.1) is 0 Å². The molecule has 1 atom stereocenters. The van der Waals surface area contributed by atoms with Crippen LogP contribution >= 0.6 is 11.6 Å². The summed E-state index contributed by atoms with van der Waals surface area (Å²) in [6.07, 6.45) is 11.4. The lowest BCUT2D eigenvalue weighted by Crippen LogP contribution is -2.11. The third-order valence-corrected chi connectivity index (χ3v) is 5.80. The van der Waals surface area contributed by atoms with Crippen molar-refractivity contribution in [2.75, 3.05) is 0 Å². The van der Waals surface area contributed by atoms with E-state index in [0.717, 1.165) is 31.5 Å². The topological polar surface area (TPSA) is 25.8 Å².